The average molecular weight is 393 g/mol. The Labute approximate surface area is 169 Å². The number of nitrogens with one attached hydrogen (secondary N) is 1. The van der Waals surface area contributed by atoms with Crippen molar-refractivity contribution < 1.29 is 9.66 Å². The molecule has 0 radical (unpaired) electrons. The molecule has 0 bridgehead atoms. The van der Waals surface area contributed by atoms with Gasteiger partial charge in [0.2, 0.25) is 0 Å². The third kappa shape index (κ3) is 4.43. The highest BCUT2D eigenvalue weighted by Gasteiger charge is 2.22. The topological polar surface area (TPSA) is 94.6 Å². The molecular formula is C21H23N5O3. The van der Waals surface area contributed by atoms with Crippen LogP contribution in [-0.4, -0.2) is 28.0 Å². The van der Waals surface area contributed by atoms with Crippen LogP contribution in [-0.2, 0) is 6.54 Å². The van der Waals surface area contributed by atoms with E-state index in [0.29, 0.717) is 23.7 Å². The van der Waals surface area contributed by atoms with E-state index in [4.69, 9.17) is 4.74 Å². The predicted molar refractivity (Wildman–Crippen MR) is 113 cm³/mol. The molecule has 0 unspecified atom stereocenters. The monoisotopic (exact) mass is 393 g/mol. The van der Waals surface area contributed by atoms with Gasteiger partial charge in [-0.15, -0.1) is 0 Å². The number of ether oxygens (including phenoxy) is 1. The van der Waals surface area contributed by atoms with Gasteiger partial charge in [-0.25, -0.2) is 0 Å². The minimum absolute atomic E-state index is 0.0455. The summed E-state index contributed by atoms with van der Waals surface area (Å²) in [4.78, 5) is 10.9. The largest absolute Gasteiger partial charge is 0.496 e. The Morgan fingerprint density at radius 3 is 2.66 bits per heavy atom. The summed E-state index contributed by atoms with van der Waals surface area (Å²) < 4.78 is 7.07. The minimum atomic E-state index is -0.397. The molecule has 0 fully saturated rings. The van der Waals surface area contributed by atoms with Crippen LogP contribution in [0.1, 0.15) is 28.1 Å². The van der Waals surface area contributed by atoms with Gasteiger partial charge in [0.05, 0.1) is 30.5 Å². The second-order valence-electron chi connectivity index (χ2n) is 6.69. The number of anilines is 1. The van der Waals surface area contributed by atoms with Crippen molar-refractivity contribution in [1.82, 2.24) is 9.78 Å². The van der Waals surface area contributed by atoms with Gasteiger partial charge < -0.3 is 4.74 Å². The number of hydrogen-bond acceptors (Lipinski definition) is 6. The molecule has 0 amide bonds. The molecule has 0 saturated carbocycles. The Balaban J connectivity index is 1.84. The highest BCUT2D eigenvalue weighted by Crippen LogP contribution is 2.25. The first-order chi connectivity index (χ1) is 13.9. The maximum atomic E-state index is 11.2. The third-order valence-corrected chi connectivity index (χ3v) is 4.69. The molecule has 1 aromatic heterocycles. The van der Waals surface area contributed by atoms with E-state index < -0.39 is 4.92 Å². The number of hydrogen-bond donors (Lipinski definition) is 1. The SMILES string of the molecule is COc1ccc(/C=N\Nc2ccccc2C)cc1Cn1nc(C)c([N+](=O)[O-])c1C. The third-order valence-electron chi connectivity index (χ3n) is 4.69. The summed E-state index contributed by atoms with van der Waals surface area (Å²) in [6.07, 6.45) is 1.72. The quantitative estimate of drug-likeness (QED) is 0.368. The lowest BCUT2D eigenvalue weighted by atomic mass is 10.1. The average Bonchev–Trinajstić information content (AvgIpc) is 2.97. The second kappa shape index (κ2) is 8.55. The van der Waals surface area contributed by atoms with Gasteiger partial charge >= 0.3 is 5.69 Å². The van der Waals surface area contributed by atoms with Crippen LogP contribution < -0.4 is 10.2 Å². The number of nitro groups is 1. The molecule has 1 N–H and O–H groups in total. The zero-order chi connectivity index (χ0) is 21.0. The van der Waals surface area contributed by atoms with E-state index in [9.17, 15) is 10.1 Å². The highest BCUT2D eigenvalue weighted by molar-refractivity contribution is 5.81. The van der Waals surface area contributed by atoms with Crippen LogP contribution >= 0.6 is 0 Å². The Bertz CT molecular complexity index is 1070. The number of hydrazone groups is 1. The number of methoxy groups -OCH3 is 1. The normalized spacial score (nSPS) is 11.0. The standard InChI is InChI=1S/C21H23N5O3/c1-14-7-5-6-8-19(14)23-22-12-17-9-10-20(29-4)18(11-17)13-25-16(3)21(26(27)28)15(2)24-25/h5-12,23H,13H2,1-4H3/b22-12-. The Hall–Kier alpha value is -3.68. The van der Waals surface area contributed by atoms with Crippen LogP contribution in [0.3, 0.4) is 0 Å². The predicted octanol–water partition coefficient (Wildman–Crippen LogP) is 4.22. The fourth-order valence-corrected chi connectivity index (χ4v) is 3.14. The Morgan fingerprint density at radius 1 is 1.24 bits per heavy atom. The molecule has 150 valence electrons. The van der Waals surface area contributed by atoms with Crippen molar-refractivity contribution in [3.63, 3.8) is 0 Å². The number of benzene rings is 2. The summed E-state index contributed by atoms with van der Waals surface area (Å²) in [6, 6.07) is 13.6. The van der Waals surface area contributed by atoms with Gasteiger partial charge in [0, 0.05) is 5.56 Å². The Morgan fingerprint density at radius 2 is 2.00 bits per heavy atom. The smallest absolute Gasteiger partial charge is 0.312 e. The molecule has 8 heteroatoms. The van der Waals surface area contributed by atoms with Gasteiger partial charge in [0.25, 0.3) is 0 Å². The van der Waals surface area contributed by atoms with Gasteiger partial charge in [-0.2, -0.15) is 10.2 Å². The summed E-state index contributed by atoms with van der Waals surface area (Å²) in [7, 11) is 1.59. The summed E-state index contributed by atoms with van der Waals surface area (Å²) in [6.45, 7) is 5.70. The van der Waals surface area contributed by atoms with Crippen LogP contribution in [0.4, 0.5) is 11.4 Å². The lowest BCUT2D eigenvalue weighted by molar-refractivity contribution is -0.386. The van der Waals surface area contributed by atoms with E-state index in [1.54, 1.807) is 31.9 Å². The molecule has 3 rings (SSSR count). The van der Waals surface area contributed by atoms with Crippen LogP contribution in [0.5, 0.6) is 5.75 Å². The van der Waals surface area contributed by atoms with E-state index in [-0.39, 0.29) is 5.69 Å². The number of para-hydroxylation sites is 1. The molecule has 0 aliphatic rings. The second-order valence-corrected chi connectivity index (χ2v) is 6.69. The van der Waals surface area contributed by atoms with Crippen molar-refractivity contribution in [3.8, 4) is 5.75 Å². The minimum Gasteiger partial charge on any atom is -0.496 e. The molecule has 2 aromatic carbocycles. The maximum Gasteiger partial charge on any atom is 0.312 e. The molecule has 0 atom stereocenters. The van der Waals surface area contributed by atoms with Crippen molar-refractivity contribution in [2.24, 2.45) is 5.10 Å². The molecule has 1 heterocycles. The van der Waals surface area contributed by atoms with Gasteiger partial charge in [-0.3, -0.25) is 20.2 Å². The zero-order valence-corrected chi connectivity index (χ0v) is 16.8. The number of nitrogens with zero attached hydrogens (tertiary/aromatic N) is 4. The first-order valence-corrected chi connectivity index (χ1v) is 9.10. The number of aromatic nitrogens is 2. The van der Waals surface area contributed by atoms with Gasteiger partial charge in [-0.05, 0) is 56.2 Å². The van der Waals surface area contributed by atoms with Gasteiger partial charge in [0.15, 0.2) is 0 Å². The molecule has 0 saturated heterocycles. The van der Waals surface area contributed by atoms with Crippen molar-refractivity contribution in [3.05, 3.63) is 80.7 Å². The summed E-state index contributed by atoms with van der Waals surface area (Å²) in [5, 5.41) is 19.9. The number of aryl methyl sites for hydroxylation is 2. The molecule has 0 aliphatic carbocycles. The fourth-order valence-electron chi connectivity index (χ4n) is 3.14. The van der Waals surface area contributed by atoms with Crippen molar-refractivity contribution in [2.45, 2.75) is 27.3 Å². The fraction of sp³-hybridized carbons (Fsp3) is 0.238. The molecule has 3 aromatic rings. The van der Waals surface area contributed by atoms with Crippen LogP contribution in [0.2, 0.25) is 0 Å². The lowest BCUT2D eigenvalue weighted by Crippen LogP contribution is -2.06. The summed E-state index contributed by atoms with van der Waals surface area (Å²) in [5.74, 6) is 0.684. The highest BCUT2D eigenvalue weighted by atomic mass is 16.6. The van der Waals surface area contributed by atoms with Crippen LogP contribution in [0.15, 0.2) is 47.6 Å². The first kappa shape index (κ1) is 20.1. The van der Waals surface area contributed by atoms with E-state index >= 15 is 0 Å². The van der Waals surface area contributed by atoms with Crippen LogP contribution in [0.25, 0.3) is 0 Å². The van der Waals surface area contributed by atoms with Gasteiger partial charge in [0.1, 0.15) is 17.1 Å². The van der Waals surface area contributed by atoms with Crippen molar-refractivity contribution >= 4 is 17.6 Å². The van der Waals surface area contributed by atoms with Crippen molar-refractivity contribution in [2.75, 3.05) is 12.5 Å². The number of rotatable bonds is 7. The molecular weight excluding hydrogens is 370 g/mol. The van der Waals surface area contributed by atoms with E-state index in [0.717, 1.165) is 22.4 Å². The zero-order valence-electron chi connectivity index (χ0n) is 16.8. The van der Waals surface area contributed by atoms with E-state index in [1.807, 2.05) is 49.4 Å². The summed E-state index contributed by atoms with van der Waals surface area (Å²) >= 11 is 0. The lowest BCUT2D eigenvalue weighted by Gasteiger charge is -2.11. The Kier molecular flexibility index (Phi) is 5.92. The van der Waals surface area contributed by atoms with E-state index in [2.05, 4.69) is 15.6 Å². The van der Waals surface area contributed by atoms with E-state index in [1.165, 1.54) is 0 Å². The maximum absolute atomic E-state index is 11.2. The van der Waals surface area contributed by atoms with Crippen molar-refractivity contribution in [1.29, 1.82) is 0 Å². The van der Waals surface area contributed by atoms with Gasteiger partial charge in [-0.1, -0.05) is 18.2 Å². The molecule has 29 heavy (non-hydrogen) atoms. The molecule has 0 spiro atoms. The first-order valence-electron chi connectivity index (χ1n) is 9.10. The molecule has 0 aliphatic heterocycles. The molecule has 8 nitrogen and oxygen atoms in total. The van der Waals surface area contributed by atoms with Crippen LogP contribution in [0, 0.1) is 30.9 Å². The summed E-state index contributed by atoms with van der Waals surface area (Å²) in [5.41, 5.74) is 7.75.